The van der Waals surface area contributed by atoms with Crippen LogP contribution < -0.4 is 5.73 Å². The molecule has 0 aliphatic rings. The number of hydrogen-bond acceptors (Lipinski definition) is 5. The first-order valence-electron chi connectivity index (χ1n) is 5.59. The highest BCUT2D eigenvalue weighted by atomic mass is 16.1. The highest BCUT2D eigenvalue weighted by Crippen LogP contribution is 2.19. The van der Waals surface area contributed by atoms with E-state index >= 15 is 0 Å². The van der Waals surface area contributed by atoms with Crippen LogP contribution in [0.2, 0.25) is 0 Å². The lowest BCUT2D eigenvalue weighted by atomic mass is 10.2. The smallest absolute Gasteiger partial charge is 0.252 e. The molecule has 0 radical (unpaired) electrons. The van der Waals surface area contributed by atoms with E-state index < -0.39 is 0 Å². The molecule has 0 fully saturated rings. The molecule has 0 aliphatic carbocycles. The maximum Gasteiger partial charge on any atom is 0.252 e. The van der Waals surface area contributed by atoms with Crippen molar-refractivity contribution in [3.8, 4) is 5.95 Å². The first-order valence-corrected chi connectivity index (χ1v) is 5.59. The van der Waals surface area contributed by atoms with Gasteiger partial charge in [0.25, 0.3) is 5.95 Å². The third-order valence-corrected chi connectivity index (χ3v) is 2.61. The summed E-state index contributed by atoms with van der Waals surface area (Å²) in [4.78, 5) is 20.0. The first kappa shape index (κ1) is 12.2. The SMILES string of the molecule is CC(=O)c1c(C)nn(-c2nc(C)cc(C)n2)c1N. The van der Waals surface area contributed by atoms with Crippen LogP contribution in [0.4, 0.5) is 5.82 Å². The lowest BCUT2D eigenvalue weighted by molar-refractivity contribution is 0.101. The second kappa shape index (κ2) is 4.21. The van der Waals surface area contributed by atoms with Gasteiger partial charge in [-0.15, -0.1) is 0 Å². The van der Waals surface area contributed by atoms with Crippen LogP contribution in [0.15, 0.2) is 6.07 Å². The summed E-state index contributed by atoms with van der Waals surface area (Å²) >= 11 is 0. The quantitative estimate of drug-likeness (QED) is 0.807. The van der Waals surface area contributed by atoms with Crippen LogP contribution in [0, 0.1) is 20.8 Å². The predicted octanol–water partition coefficient (Wildman–Crippen LogP) is 1.37. The van der Waals surface area contributed by atoms with Crippen LogP contribution in [0.1, 0.15) is 34.4 Å². The fourth-order valence-electron chi connectivity index (χ4n) is 1.93. The monoisotopic (exact) mass is 245 g/mol. The van der Waals surface area contributed by atoms with Gasteiger partial charge in [-0.1, -0.05) is 0 Å². The van der Waals surface area contributed by atoms with Crippen LogP contribution in [0.5, 0.6) is 0 Å². The molecule has 2 N–H and O–H groups in total. The van der Waals surface area contributed by atoms with Crippen molar-refractivity contribution in [1.82, 2.24) is 19.7 Å². The van der Waals surface area contributed by atoms with E-state index in [1.54, 1.807) is 6.92 Å². The molecule has 0 atom stereocenters. The Balaban J connectivity index is 2.65. The van der Waals surface area contributed by atoms with Gasteiger partial charge in [0.15, 0.2) is 5.78 Å². The van der Waals surface area contributed by atoms with Crippen molar-refractivity contribution in [2.75, 3.05) is 5.73 Å². The van der Waals surface area contributed by atoms with Gasteiger partial charge in [0.05, 0.1) is 11.3 Å². The number of nitrogens with two attached hydrogens (primary N) is 1. The molecule has 0 spiro atoms. The first-order chi connectivity index (χ1) is 8.40. The minimum Gasteiger partial charge on any atom is -0.383 e. The molecular formula is C12H15N5O. The fraction of sp³-hybridized carbons (Fsp3) is 0.333. The Morgan fingerprint density at radius 2 is 1.78 bits per heavy atom. The minimum atomic E-state index is -0.111. The maximum atomic E-state index is 11.5. The largest absolute Gasteiger partial charge is 0.383 e. The van der Waals surface area contributed by atoms with Gasteiger partial charge in [0, 0.05) is 11.4 Å². The average Bonchev–Trinajstić information content (AvgIpc) is 2.52. The third kappa shape index (κ3) is 1.97. The number of rotatable bonds is 2. The molecule has 6 nitrogen and oxygen atoms in total. The summed E-state index contributed by atoms with van der Waals surface area (Å²) in [5, 5.41) is 4.23. The van der Waals surface area contributed by atoms with Crippen molar-refractivity contribution in [1.29, 1.82) is 0 Å². The standard InChI is InChI=1S/C12H15N5O/c1-6-5-7(2)15-12(14-6)17-11(13)10(9(4)18)8(3)16-17/h5H,13H2,1-4H3. The fourth-order valence-corrected chi connectivity index (χ4v) is 1.93. The van der Waals surface area contributed by atoms with Gasteiger partial charge < -0.3 is 5.73 Å². The molecule has 0 amide bonds. The number of Topliss-reactive ketones (excluding diaryl/α,β-unsaturated/α-hetero) is 1. The maximum absolute atomic E-state index is 11.5. The van der Waals surface area contributed by atoms with Gasteiger partial charge in [-0.25, -0.2) is 9.97 Å². The van der Waals surface area contributed by atoms with Crippen molar-refractivity contribution in [2.24, 2.45) is 0 Å². The van der Waals surface area contributed by atoms with Crippen molar-refractivity contribution in [3.63, 3.8) is 0 Å². The van der Waals surface area contributed by atoms with Crippen LogP contribution in [-0.4, -0.2) is 25.5 Å². The summed E-state index contributed by atoms with van der Waals surface area (Å²) in [6.45, 7) is 6.95. The van der Waals surface area contributed by atoms with Crippen molar-refractivity contribution in [2.45, 2.75) is 27.7 Å². The molecule has 2 heterocycles. The molecule has 0 unspecified atom stereocenters. The zero-order valence-corrected chi connectivity index (χ0v) is 10.9. The Hall–Kier alpha value is -2.24. The summed E-state index contributed by atoms with van der Waals surface area (Å²) in [5.74, 6) is 0.561. The second-order valence-electron chi connectivity index (χ2n) is 4.26. The van der Waals surface area contributed by atoms with E-state index in [0.717, 1.165) is 11.4 Å². The van der Waals surface area contributed by atoms with Crippen molar-refractivity contribution >= 4 is 11.6 Å². The molecule has 18 heavy (non-hydrogen) atoms. The van der Waals surface area contributed by atoms with Crippen molar-refractivity contribution < 1.29 is 4.79 Å². The number of hydrogen-bond donors (Lipinski definition) is 1. The lowest BCUT2D eigenvalue weighted by Gasteiger charge is -2.04. The molecule has 6 heteroatoms. The number of nitrogens with zero attached hydrogens (tertiary/aromatic N) is 4. The molecular weight excluding hydrogens is 230 g/mol. The number of anilines is 1. The third-order valence-electron chi connectivity index (χ3n) is 2.61. The number of aromatic nitrogens is 4. The minimum absolute atomic E-state index is 0.111. The Morgan fingerprint density at radius 3 is 2.22 bits per heavy atom. The van der Waals surface area contributed by atoms with E-state index in [2.05, 4.69) is 15.1 Å². The Morgan fingerprint density at radius 1 is 1.22 bits per heavy atom. The molecule has 2 aromatic rings. The van der Waals surface area contributed by atoms with E-state index in [1.165, 1.54) is 11.6 Å². The Labute approximate surface area is 105 Å². The second-order valence-corrected chi connectivity index (χ2v) is 4.26. The van der Waals surface area contributed by atoms with Crippen LogP contribution >= 0.6 is 0 Å². The molecule has 2 rings (SSSR count). The van der Waals surface area contributed by atoms with Crippen molar-refractivity contribution in [3.05, 3.63) is 28.7 Å². The molecule has 0 bridgehead atoms. The van der Waals surface area contributed by atoms with Gasteiger partial charge in [0.2, 0.25) is 0 Å². The summed E-state index contributed by atoms with van der Waals surface area (Å²) < 4.78 is 1.41. The van der Waals surface area contributed by atoms with E-state index in [4.69, 9.17) is 5.73 Å². The molecule has 0 aromatic carbocycles. The van der Waals surface area contributed by atoms with Crippen LogP contribution in [0.25, 0.3) is 5.95 Å². The predicted molar refractivity (Wildman–Crippen MR) is 67.8 cm³/mol. The van der Waals surface area contributed by atoms with E-state index in [9.17, 15) is 4.79 Å². The molecule has 2 aromatic heterocycles. The number of ketones is 1. The zero-order chi connectivity index (χ0) is 13.4. The zero-order valence-electron chi connectivity index (χ0n) is 10.9. The molecule has 0 saturated carbocycles. The molecule has 0 aliphatic heterocycles. The average molecular weight is 245 g/mol. The number of nitrogen functional groups attached to an aromatic ring is 1. The summed E-state index contributed by atoms with van der Waals surface area (Å²) in [6.07, 6.45) is 0. The van der Waals surface area contributed by atoms with E-state index in [1.807, 2.05) is 19.9 Å². The van der Waals surface area contributed by atoms with Gasteiger partial charge in [-0.3, -0.25) is 4.79 Å². The van der Waals surface area contributed by atoms with Crippen LogP contribution in [0.3, 0.4) is 0 Å². The number of carbonyl (C=O) groups excluding carboxylic acids is 1. The lowest BCUT2D eigenvalue weighted by Crippen LogP contribution is -2.09. The highest BCUT2D eigenvalue weighted by molar-refractivity contribution is 5.99. The van der Waals surface area contributed by atoms with Gasteiger partial charge in [0.1, 0.15) is 5.82 Å². The summed E-state index contributed by atoms with van der Waals surface area (Å²) in [5.41, 5.74) is 8.61. The summed E-state index contributed by atoms with van der Waals surface area (Å²) in [7, 11) is 0. The summed E-state index contributed by atoms with van der Waals surface area (Å²) in [6, 6.07) is 1.86. The molecule has 94 valence electrons. The van der Waals surface area contributed by atoms with E-state index in [0.29, 0.717) is 17.2 Å². The van der Waals surface area contributed by atoms with Gasteiger partial charge in [-0.05, 0) is 33.8 Å². The Kier molecular flexibility index (Phi) is 2.86. The van der Waals surface area contributed by atoms with E-state index in [-0.39, 0.29) is 11.6 Å². The normalized spacial score (nSPS) is 10.7. The number of carbonyl (C=O) groups is 1. The molecule has 0 saturated heterocycles. The number of aryl methyl sites for hydroxylation is 3. The Bertz CT molecular complexity index is 609. The van der Waals surface area contributed by atoms with Gasteiger partial charge >= 0.3 is 0 Å². The van der Waals surface area contributed by atoms with Crippen LogP contribution in [-0.2, 0) is 0 Å². The topological polar surface area (TPSA) is 86.7 Å². The van der Waals surface area contributed by atoms with Gasteiger partial charge in [-0.2, -0.15) is 9.78 Å². The highest BCUT2D eigenvalue weighted by Gasteiger charge is 2.18.